The molecule has 2 heterocycles. The van der Waals surface area contributed by atoms with Crippen LogP contribution in [0.3, 0.4) is 0 Å². The molecule has 0 aromatic carbocycles. The number of piperazine rings is 1. The molecule has 0 radical (unpaired) electrons. The van der Waals surface area contributed by atoms with E-state index in [0.29, 0.717) is 0 Å². The van der Waals surface area contributed by atoms with Gasteiger partial charge in [0.25, 0.3) is 5.91 Å². The monoisotopic (exact) mass is 342 g/mol. The quantitative estimate of drug-likeness (QED) is 0.823. The minimum absolute atomic E-state index is 0.188. The Morgan fingerprint density at radius 3 is 2.47 bits per heavy atom. The van der Waals surface area contributed by atoms with Crippen molar-refractivity contribution in [1.29, 1.82) is 0 Å². The van der Waals surface area contributed by atoms with Gasteiger partial charge in [-0.25, -0.2) is 0 Å². The first-order valence-corrected chi connectivity index (χ1v) is 8.69. The Hall–Kier alpha value is -0.390. The van der Waals surface area contributed by atoms with E-state index in [1.807, 2.05) is 16.3 Å². The summed E-state index contributed by atoms with van der Waals surface area (Å²) in [4.78, 5) is 17.8. The fourth-order valence-corrected chi connectivity index (χ4v) is 4.66. The van der Waals surface area contributed by atoms with Crippen LogP contribution in [0.25, 0.3) is 0 Å². The predicted molar refractivity (Wildman–Crippen MR) is 81.8 cm³/mol. The molecule has 0 spiro atoms. The largest absolute Gasteiger partial charge is 0.335 e. The van der Waals surface area contributed by atoms with Gasteiger partial charge in [-0.05, 0) is 40.2 Å². The maximum Gasteiger partial charge on any atom is 0.265 e. The number of hydrogen-bond acceptors (Lipinski definition) is 3. The van der Waals surface area contributed by atoms with Crippen LogP contribution < -0.4 is 0 Å². The molecule has 1 aliphatic carbocycles. The second kappa shape index (κ2) is 5.94. The molecule has 1 aromatic heterocycles. The van der Waals surface area contributed by atoms with Crippen molar-refractivity contribution >= 4 is 33.2 Å². The average molecular weight is 343 g/mol. The lowest BCUT2D eigenvalue weighted by molar-refractivity contribution is 0.0577. The summed E-state index contributed by atoms with van der Waals surface area (Å²) in [7, 11) is 0. The first kappa shape index (κ1) is 13.6. The summed E-state index contributed by atoms with van der Waals surface area (Å²) in [6.45, 7) is 3.83. The molecular formula is C14H19BrN2OS. The first-order chi connectivity index (χ1) is 9.25. The maximum atomic E-state index is 12.4. The molecule has 0 atom stereocenters. The number of halogens is 1. The van der Waals surface area contributed by atoms with Gasteiger partial charge in [-0.1, -0.05) is 12.8 Å². The number of amides is 1. The van der Waals surface area contributed by atoms with Gasteiger partial charge >= 0.3 is 0 Å². The van der Waals surface area contributed by atoms with Crippen molar-refractivity contribution in [3.05, 3.63) is 20.8 Å². The van der Waals surface area contributed by atoms with Gasteiger partial charge in [-0.15, -0.1) is 11.3 Å². The van der Waals surface area contributed by atoms with Crippen LogP contribution in [0.4, 0.5) is 0 Å². The Balaban J connectivity index is 1.58. The van der Waals surface area contributed by atoms with E-state index in [2.05, 4.69) is 20.8 Å². The number of carbonyl (C=O) groups is 1. The number of nitrogens with zero attached hydrogens (tertiary/aromatic N) is 2. The number of hydrogen-bond donors (Lipinski definition) is 0. The molecule has 1 aromatic rings. The normalized spacial score (nSPS) is 22.1. The molecule has 3 rings (SSSR count). The summed E-state index contributed by atoms with van der Waals surface area (Å²) >= 11 is 4.98. The molecule has 3 nitrogen and oxygen atoms in total. The molecule has 1 aliphatic heterocycles. The summed E-state index contributed by atoms with van der Waals surface area (Å²) < 4.78 is 0.931. The standard InChI is InChI=1S/C14H19BrN2OS/c15-12-5-10-19-13(12)14(18)17-8-6-16(7-9-17)11-3-1-2-4-11/h5,10-11H,1-4,6-9H2. The second-order valence-corrected chi connectivity index (χ2v) is 7.13. The van der Waals surface area contributed by atoms with Gasteiger partial charge < -0.3 is 4.90 Å². The summed E-state index contributed by atoms with van der Waals surface area (Å²) in [5, 5.41) is 1.96. The zero-order chi connectivity index (χ0) is 13.2. The van der Waals surface area contributed by atoms with Crippen LogP contribution in [0.5, 0.6) is 0 Å². The molecule has 1 saturated heterocycles. The van der Waals surface area contributed by atoms with Crippen molar-refractivity contribution < 1.29 is 4.79 Å². The molecule has 5 heteroatoms. The fourth-order valence-electron chi connectivity index (χ4n) is 3.15. The molecule has 0 bridgehead atoms. The van der Waals surface area contributed by atoms with Crippen molar-refractivity contribution in [2.75, 3.05) is 26.2 Å². The summed E-state index contributed by atoms with van der Waals surface area (Å²) in [6, 6.07) is 2.73. The van der Waals surface area contributed by atoms with Crippen molar-refractivity contribution in [3.8, 4) is 0 Å². The Morgan fingerprint density at radius 1 is 1.21 bits per heavy atom. The Bertz CT molecular complexity index is 448. The lowest BCUT2D eigenvalue weighted by atomic mass is 10.2. The van der Waals surface area contributed by atoms with Crippen LogP contribution in [0.2, 0.25) is 0 Å². The van der Waals surface area contributed by atoms with Crippen LogP contribution in [0, 0.1) is 0 Å². The van der Waals surface area contributed by atoms with Crippen LogP contribution in [-0.4, -0.2) is 47.9 Å². The molecule has 0 N–H and O–H groups in total. The topological polar surface area (TPSA) is 23.6 Å². The fraction of sp³-hybridized carbons (Fsp3) is 0.643. The van der Waals surface area contributed by atoms with Crippen molar-refractivity contribution in [2.45, 2.75) is 31.7 Å². The first-order valence-electron chi connectivity index (χ1n) is 7.02. The zero-order valence-corrected chi connectivity index (χ0v) is 13.4. The maximum absolute atomic E-state index is 12.4. The molecular weight excluding hydrogens is 324 g/mol. The molecule has 1 saturated carbocycles. The third-order valence-corrected chi connectivity index (χ3v) is 6.08. The van der Waals surface area contributed by atoms with E-state index in [0.717, 1.165) is 41.6 Å². The number of rotatable bonds is 2. The minimum Gasteiger partial charge on any atom is -0.335 e. The third kappa shape index (κ3) is 2.88. The highest BCUT2D eigenvalue weighted by Crippen LogP contribution is 2.27. The van der Waals surface area contributed by atoms with Crippen LogP contribution >= 0.6 is 27.3 Å². The van der Waals surface area contributed by atoms with Gasteiger partial charge in [0.15, 0.2) is 0 Å². The summed E-state index contributed by atoms with van der Waals surface area (Å²) in [5.41, 5.74) is 0. The summed E-state index contributed by atoms with van der Waals surface area (Å²) in [6.07, 6.45) is 5.47. The molecule has 0 unspecified atom stereocenters. The number of thiophene rings is 1. The van der Waals surface area contributed by atoms with E-state index >= 15 is 0 Å². The van der Waals surface area contributed by atoms with E-state index in [9.17, 15) is 4.79 Å². The Morgan fingerprint density at radius 2 is 1.89 bits per heavy atom. The van der Waals surface area contributed by atoms with Crippen molar-refractivity contribution in [3.63, 3.8) is 0 Å². The predicted octanol–water partition coefficient (Wildman–Crippen LogP) is 3.21. The third-order valence-electron chi connectivity index (χ3n) is 4.25. The van der Waals surface area contributed by atoms with E-state index in [-0.39, 0.29) is 5.91 Å². The van der Waals surface area contributed by atoms with Gasteiger partial charge in [0.2, 0.25) is 0 Å². The summed E-state index contributed by atoms with van der Waals surface area (Å²) in [5.74, 6) is 0.188. The van der Waals surface area contributed by atoms with Gasteiger partial charge in [0.05, 0.1) is 0 Å². The van der Waals surface area contributed by atoms with E-state index < -0.39 is 0 Å². The van der Waals surface area contributed by atoms with Crippen molar-refractivity contribution in [1.82, 2.24) is 9.80 Å². The van der Waals surface area contributed by atoms with E-state index in [1.165, 1.54) is 37.0 Å². The van der Waals surface area contributed by atoms with Crippen molar-refractivity contribution in [2.24, 2.45) is 0 Å². The van der Waals surface area contributed by atoms with Gasteiger partial charge in [-0.2, -0.15) is 0 Å². The van der Waals surface area contributed by atoms with Gasteiger partial charge in [0, 0.05) is 36.7 Å². The van der Waals surface area contributed by atoms with Gasteiger partial charge in [0.1, 0.15) is 4.88 Å². The second-order valence-electron chi connectivity index (χ2n) is 5.36. The molecule has 2 fully saturated rings. The number of carbonyl (C=O) groups excluding carboxylic acids is 1. The highest BCUT2D eigenvalue weighted by atomic mass is 79.9. The van der Waals surface area contributed by atoms with Gasteiger partial charge in [-0.3, -0.25) is 9.69 Å². The zero-order valence-electron chi connectivity index (χ0n) is 11.0. The molecule has 19 heavy (non-hydrogen) atoms. The highest BCUT2D eigenvalue weighted by Gasteiger charge is 2.28. The van der Waals surface area contributed by atoms with Crippen LogP contribution in [-0.2, 0) is 0 Å². The Kier molecular flexibility index (Phi) is 4.24. The van der Waals surface area contributed by atoms with E-state index in [4.69, 9.17) is 0 Å². The lowest BCUT2D eigenvalue weighted by Crippen LogP contribution is -2.51. The minimum atomic E-state index is 0.188. The SMILES string of the molecule is O=C(c1sccc1Br)N1CCN(C2CCCC2)CC1. The van der Waals surface area contributed by atoms with Crippen LogP contribution in [0.1, 0.15) is 35.4 Å². The molecule has 1 amide bonds. The van der Waals surface area contributed by atoms with E-state index in [1.54, 1.807) is 0 Å². The molecule has 104 valence electrons. The average Bonchev–Trinajstić information content (AvgIpc) is 3.09. The van der Waals surface area contributed by atoms with Crippen LogP contribution in [0.15, 0.2) is 15.9 Å². The molecule has 2 aliphatic rings. The smallest absolute Gasteiger partial charge is 0.265 e. The Labute approximate surface area is 126 Å². The lowest BCUT2D eigenvalue weighted by Gasteiger charge is -2.38. The highest BCUT2D eigenvalue weighted by molar-refractivity contribution is 9.10.